The van der Waals surface area contributed by atoms with E-state index in [9.17, 15) is 13.2 Å². The first-order chi connectivity index (χ1) is 8.01. The molecule has 1 fully saturated rings. The molecule has 1 aliphatic rings. The van der Waals surface area contributed by atoms with Gasteiger partial charge in [-0.3, -0.25) is 4.79 Å². The number of ether oxygens (including phenoxy) is 1. The van der Waals surface area contributed by atoms with Crippen LogP contribution in [-0.4, -0.2) is 44.1 Å². The largest absolute Gasteiger partial charge is 0.466 e. The number of rotatable bonds is 5. The van der Waals surface area contributed by atoms with E-state index in [1.807, 2.05) is 6.92 Å². The molecule has 0 atom stereocenters. The Kier molecular flexibility index (Phi) is 5.39. The van der Waals surface area contributed by atoms with Gasteiger partial charge in [0.25, 0.3) is 0 Å². The lowest BCUT2D eigenvalue weighted by Crippen LogP contribution is -2.41. The van der Waals surface area contributed by atoms with Gasteiger partial charge in [0.1, 0.15) is 0 Å². The van der Waals surface area contributed by atoms with Crippen molar-refractivity contribution in [2.24, 2.45) is 5.92 Å². The van der Waals surface area contributed by atoms with Crippen LogP contribution >= 0.6 is 0 Å². The van der Waals surface area contributed by atoms with Crippen molar-refractivity contribution in [2.75, 3.05) is 25.4 Å². The molecule has 0 amide bonds. The summed E-state index contributed by atoms with van der Waals surface area (Å²) in [7, 11) is -3.11. The molecule has 1 saturated heterocycles. The van der Waals surface area contributed by atoms with Crippen LogP contribution in [0.2, 0.25) is 0 Å². The molecule has 0 bridgehead atoms. The molecule has 0 aromatic heterocycles. The van der Waals surface area contributed by atoms with Crippen molar-refractivity contribution in [1.82, 2.24) is 4.31 Å². The highest BCUT2D eigenvalue weighted by Crippen LogP contribution is 2.21. The zero-order chi connectivity index (χ0) is 12.9. The van der Waals surface area contributed by atoms with E-state index >= 15 is 0 Å². The third-order valence-electron chi connectivity index (χ3n) is 2.93. The number of esters is 1. The highest BCUT2D eigenvalue weighted by atomic mass is 32.2. The van der Waals surface area contributed by atoms with E-state index in [4.69, 9.17) is 4.74 Å². The molecule has 0 radical (unpaired) electrons. The molecule has 1 aliphatic heterocycles. The van der Waals surface area contributed by atoms with Crippen molar-refractivity contribution in [3.63, 3.8) is 0 Å². The predicted octanol–water partition coefficient (Wildman–Crippen LogP) is 1.00. The van der Waals surface area contributed by atoms with Crippen LogP contribution in [0.4, 0.5) is 0 Å². The van der Waals surface area contributed by atoms with E-state index in [0.717, 1.165) is 0 Å². The second-order valence-corrected chi connectivity index (χ2v) is 6.33. The van der Waals surface area contributed by atoms with Crippen LogP contribution in [0.1, 0.15) is 33.1 Å². The maximum absolute atomic E-state index is 11.8. The van der Waals surface area contributed by atoms with Gasteiger partial charge < -0.3 is 4.74 Å². The number of hydrogen-bond acceptors (Lipinski definition) is 4. The average Bonchev–Trinajstić information content (AvgIpc) is 2.29. The molecule has 0 N–H and O–H groups in total. The number of hydrogen-bond donors (Lipinski definition) is 0. The SMILES string of the molecule is CCCS(=O)(=O)N1CCC(C(=O)OCC)CC1. The maximum atomic E-state index is 11.8. The van der Waals surface area contributed by atoms with Crippen molar-refractivity contribution in [3.05, 3.63) is 0 Å². The van der Waals surface area contributed by atoms with Crippen LogP contribution in [0.3, 0.4) is 0 Å². The summed E-state index contributed by atoms with van der Waals surface area (Å²) in [5.41, 5.74) is 0. The van der Waals surface area contributed by atoms with Crippen LogP contribution in [-0.2, 0) is 19.6 Å². The second-order valence-electron chi connectivity index (χ2n) is 4.24. The highest BCUT2D eigenvalue weighted by Gasteiger charge is 2.31. The molecule has 0 spiro atoms. The van der Waals surface area contributed by atoms with Gasteiger partial charge in [0, 0.05) is 13.1 Å². The van der Waals surface area contributed by atoms with Crippen LogP contribution < -0.4 is 0 Å². The number of nitrogens with zero attached hydrogens (tertiary/aromatic N) is 1. The van der Waals surface area contributed by atoms with Crippen molar-refractivity contribution < 1.29 is 17.9 Å². The Hall–Kier alpha value is -0.620. The molecule has 1 heterocycles. The number of piperidine rings is 1. The first kappa shape index (κ1) is 14.4. The van der Waals surface area contributed by atoms with E-state index in [-0.39, 0.29) is 17.6 Å². The Bertz CT molecular complexity index is 344. The van der Waals surface area contributed by atoms with Gasteiger partial charge in [-0.2, -0.15) is 0 Å². The molecular weight excluding hydrogens is 242 g/mol. The number of sulfonamides is 1. The zero-order valence-corrected chi connectivity index (χ0v) is 11.3. The Morgan fingerprint density at radius 2 is 1.88 bits per heavy atom. The molecule has 6 heteroatoms. The normalized spacial score (nSPS) is 19.2. The molecule has 0 unspecified atom stereocenters. The fourth-order valence-corrected chi connectivity index (χ4v) is 3.56. The maximum Gasteiger partial charge on any atom is 0.309 e. The molecule has 17 heavy (non-hydrogen) atoms. The first-order valence-corrected chi connectivity index (χ1v) is 7.76. The third-order valence-corrected chi connectivity index (χ3v) is 5.01. The summed E-state index contributed by atoms with van der Waals surface area (Å²) >= 11 is 0. The minimum Gasteiger partial charge on any atom is -0.466 e. The van der Waals surface area contributed by atoms with E-state index < -0.39 is 10.0 Å². The molecule has 0 saturated carbocycles. The fraction of sp³-hybridized carbons (Fsp3) is 0.909. The smallest absolute Gasteiger partial charge is 0.309 e. The van der Waals surface area contributed by atoms with E-state index in [1.165, 1.54) is 4.31 Å². The van der Waals surface area contributed by atoms with Crippen molar-refractivity contribution >= 4 is 16.0 Å². The summed E-state index contributed by atoms with van der Waals surface area (Å²) in [4.78, 5) is 11.5. The summed E-state index contributed by atoms with van der Waals surface area (Å²) in [6.07, 6.45) is 1.77. The lowest BCUT2D eigenvalue weighted by Gasteiger charge is -2.29. The number of carbonyl (C=O) groups is 1. The van der Waals surface area contributed by atoms with Gasteiger partial charge in [0.15, 0.2) is 0 Å². The standard InChI is InChI=1S/C11H21NO4S/c1-3-9-17(14,15)12-7-5-10(6-8-12)11(13)16-4-2/h10H,3-9H2,1-2H3. The molecule has 5 nitrogen and oxygen atoms in total. The topological polar surface area (TPSA) is 63.7 Å². The van der Waals surface area contributed by atoms with Crippen LogP contribution in [0.15, 0.2) is 0 Å². The predicted molar refractivity (Wildman–Crippen MR) is 65.0 cm³/mol. The summed E-state index contributed by atoms with van der Waals surface area (Å²) in [6, 6.07) is 0. The van der Waals surface area contributed by atoms with E-state index in [1.54, 1.807) is 6.92 Å². The monoisotopic (exact) mass is 263 g/mol. The summed E-state index contributed by atoms with van der Waals surface area (Å²) in [5, 5.41) is 0. The van der Waals surface area contributed by atoms with Crippen molar-refractivity contribution in [2.45, 2.75) is 33.1 Å². The summed E-state index contributed by atoms with van der Waals surface area (Å²) < 4.78 is 30.0. The minimum atomic E-state index is -3.11. The van der Waals surface area contributed by atoms with Crippen LogP contribution in [0, 0.1) is 5.92 Å². The van der Waals surface area contributed by atoms with Crippen molar-refractivity contribution in [1.29, 1.82) is 0 Å². The molecular formula is C11H21NO4S. The van der Waals surface area contributed by atoms with Gasteiger partial charge in [-0.25, -0.2) is 12.7 Å². The Labute approximate surface area is 103 Å². The second kappa shape index (κ2) is 6.35. The summed E-state index contributed by atoms with van der Waals surface area (Å²) in [6.45, 7) is 4.88. The van der Waals surface area contributed by atoms with E-state index in [2.05, 4.69) is 0 Å². The highest BCUT2D eigenvalue weighted by molar-refractivity contribution is 7.89. The van der Waals surface area contributed by atoms with Gasteiger partial charge in [-0.1, -0.05) is 6.92 Å². The van der Waals surface area contributed by atoms with E-state index in [0.29, 0.717) is 39.0 Å². The number of carbonyl (C=O) groups excluding carboxylic acids is 1. The quantitative estimate of drug-likeness (QED) is 0.694. The van der Waals surface area contributed by atoms with Gasteiger partial charge in [-0.05, 0) is 26.2 Å². The first-order valence-electron chi connectivity index (χ1n) is 6.15. The zero-order valence-electron chi connectivity index (χ0n) is 10.5. The molecule has 1 rings (SSSR count). The molecule has 100 valence electrons. The molecule has 0 aliphatic carbocycles. The lowest BCUT2D eigenvalue weighted by atomic mass is 9.98. The van der Waals surface area contributed by atoms with Crippen LogP contribution in [0.25, 0.3) is 0 Å². The molecule has 0 aromatic rings. The Morgan fingerprint density at radius 3 is 2.35 bits per heavy atom. The Morgan fingerprint density at radius 1 is 1.29 bits per heavy atom. The average molecular weight is 263 g/mol. The van der Waals surface area contributed by atoms with Crippen LogP contribution in [0.5, 0.6) is 0 Å². The lowest BCUT2D eigenvalue weighted by molar-refractivity contribution is -0.149. The molecule has 0 aromatic carbocycles. The Balaban J connectivity index is 2.48. The fourth-order valence-electron chi connectivity index (χ4n) is 2.02. The van der Waals surface area contributed by atoms with Gasteiger partial charge in [0.05, 0.1) is 18.3 Å². The van der Waals surface area contributed by atoms with Gasteiger partial charge in [0.2, 0.25) is 10.0 Å². The van der Waals surface area contributed by atoms with Gasteiger partial charge >= 0.3 is 5.97 Å². The minimum absolute atomic E-state index is 0.136. The summed E-state index contributed by atoms with van der Waals surface area (Å²) in [5.74, 6) is -0.139. The van der Waals surface area contributed by atoms with Crippen molar-refractivity contribution in [3.8, 4) is 0 Å². The van der Waals surface area contributed by atoms with Gasteiger partial charge in [-0.15, -0.1) is 0 Å². The third kappa shape index (κ3) is 3.96.